The molecule has 0 aliphatic carbocycles. The van der Waals surface area contributed by atoms with Crippen LogP contribution in [-0.4, -0.2) is 31.5 Å². The van der Waals surface area contributed by atoms with Gasteiger partial charge in [-0.25, -0.2) is 13.4 Å². The molecule has 0 bridgehead atoms. The van der Waals surface area contributed by atoms with Gasteiger partial charge in [0.05, 0.1) is 11.4 Å². The zero-order valence-electron chi connectivity index (χ0n) is 11.6. The van der Waals surface area contributed by atoms with Crippen molar-refractivity contribution in [2.45, 2.75) is 45.7 Å². The Hall–Kier alpha value is -0.460. The van der Waals surface area contributed by atoms with Crippen LogP contribution >= 0.6 is 11.3 Å². The van der Waals surface area contributed by atoms with Crippen molar-refractivity contribution in [2.75, 3.05) is 12.0 Å². The molecule has 1 rings (SSSR count). The molecular formula is C12H22N2O2S2. The van der Waals surface area contributed by atoms with Crippen molar-refractivity contribution in [1.82, 2.24) is 10.3 Å². The number of rotatable bonds is 5. The summed E-state index contributed by atoms with van der Waals surface area (Å²) in [5, 5.41) is 6.26. The first-order valence-corrected chi connectivity index (χ1v) is 8.88. The maximum absolute atomic E-state index is 11.1. The van der Waals surface area contributed by atoms with Crippen molar-refractivity contribution in [3.63, 3.8) is 0 Å². The molecule has 0 spiro atoms. The van der Waals surface area contributed by atoms with Crippen molar-refractivity contribution in [3.05, 3.63) is 16.1 Å². The lowest BCUT2D eigenvalue weighted by Crippen LogP contribution is -2.32. The van der Waals surface area contributed by atoms with Gasteiger partial charge in [-0.2, -0.15) is 0 Å². The summed E-state index contributed by atoms with van der Waals surface area (Å²) < 4.78 is 22.3. The topological polar surface area (TPSA) is 59.1 Å². The summed E-state index contributed by atoms with van der Waals surface area (Å²) in [4.78, 5) is 4.56. The zero-order valence-corrected chi connectivity index (χ0v) is 13.3. The standard InChI is InChI=1S/C12H22N2O2S2/c1-9(8-18(5,15)16)13-6-11-14-10(7-17-11)12(2,3)4/h7,9,13H,6,8H2,1-5H3. The van der Waals surface area contributed by atoms with E-state index in [9.17, 15) is 8.42 Å². The third kappa shape index (κ3) is 5.46. The molecular weight excluding hydrogens is 268 g/mol. The fraction of sp³-hybridized carbons (Fsp3) is 0.750. The summed E-state index contributed by atoms with van der Waals surface area (Å²) in [7, 11) is -2.93. The highest BCUT2D eigenvalue weighted by Gasteiger charge is 2.17. The third-order valence-corrected chi connectivity index (χ3v) is 4.43. The second kappa shape index (κ2) is 5.67. The van der Waals surface area contributed by atoms with Gasteiger partial charge in [0.2, 0.25) is 0 Å². The Morgan fingerprint density at radius 2 is 2.06 bits per heavy atom. The van der Waals surface area contributed by atoms with Crippen molar-refractivity contribution in [2.24, 2.45) is 0 Å². The minimum absolute atomic E-state index is 0.0537. The minimum Gasteiger partial charge on any atom is -0.307 e. The van der Waals surface area contributed by atoms with Crippen molar-refractivity contribution < 1.29 is 8.42 Å². The van der Waals surface area contributed by atoms with Crippen LogP contribution in [0, 0.1) is 0 Å². The first-order valence-electron chi connectivity index (χ1n) is 5.94. The van der Waals surface area contributed by atoms with Crippen LogP contribution in [0.2, 0.25) is 0 Å². The second-order valence-electron chi connectivity index (χ2n) is 5.75. The maximum atomic E-state index is 11.1. The number of nitrogens with one attached hydrogen (secondary N) is 1. The molecule has 1 heterocycles. The van der Waals surface area contributed by atoms with Crippen LogP contribution in [0.5, 0.6) is 0 Å². The normalized spacial score (nSPS) is 14.7. The van der Waals surface area contributed by atoms with Gasteiger partial charge in [-0.1, -0.05) is 20.8 Å². The maximum Gasteiger partial charge on any atom is 0.148 e. The van der Waals surface area contributed by atoms with Crippen molar-refractivity contribution in [1.29, 1.82) is 0 Å². The smallest absolute Gasteiger partial charge is 0.148 e. The lowest BCUT2D eigenvalue weighted by Gasteiger charge is -2.14. The Balaban J connectivity index is 2.52. The Bertz CT molecular complexity index is 486. The number of aromatic nitrogens is 1. The van der Waals surface area contributed by atoms with Crippen LogP contribution in [-0.2, 0) is 21.8 Å². The zero-order chi connectivity index (χ0) is 14.0. The molecule has 6 heteroatoms. The largest absolute Gasteiger partial charge is 0.307 e. The second-order valence-corrected chi connectivity index (χ2v) is 8.88. The van der Waals surface area contributed by atoms with Gasteiger partial charge in [0.25, 0.3) is 0 Å². The van der Waals surface area contributed by atoms with Gasteiger partial charge in [0.15, 0.2) is 0 Å². The summed E-state index contributed by atoms with van der Waals surface area (Å²) in [6.45, 7) is 8.89. The molecule has 1 unspecified atom stereocenters. The van der Waals surface area contributed by atoms with E-state index < -0.39 is 9.84 Å². The van der Waals surface area contributed by atoms with E-state index in [0.29, 0.717) is 6.54 Å². The van der Waals surface area contributed by atoms with Crippen LogP contribution in [0.25, 0.3) is 0 Å². The first kappa shape index (κ1) is 15.6. The van der Waals surface area contributed by atoms with Crippen molar-refractivity contribution in [3.8, 4) is 0 Å². The third-order valence-electron chi connectivity index (χ3n) is 2.47. The van der Waals surface area contributed by atoms with E-state index in [1.165, 1.54) is 6.26 Å². The summed E-state index contributed by atoms with van der Waals surface area (Å²) in [6.07, 6.45) is 1.26. The highest BCUT2D eigenvalue weighted by molar-refractivity contribution is 7.90. The molecule has 1 atom stereocenters. The Morgan fingerprint density at radius 3 is 2.50 bits per heavy atom. The fourth-order valence-electron chi connectivity index (χ4n) is 1.51. The average molecular weight is 290 g/mol. The van der Waals surface area contributed by atoms with E-state index in [0.717, 1.165) is 10.7 Å². The highest BCUT2D eigenvalue weighted by Crippen LogP contribution is 2.23. The molecule has 0 aliphatic heterocycles. The first-order chi connectivity index (χ1) is 8.08. The molecule has 0 aliphatic rings. The molecule has 0 fully saturated rings. The van der Waals surface area contributed by atoms with Crippen LogP contribution in [0.1, 0.15) is 38.4 Å². The van der Waals surface area contributed by atoms with Crippen LogP contribution in [0.3, 0.4) is 0 Å². The Labute approximate surface area is 114 Å². The van der Waals surface area contributed by atoms with E-state index >= 15 is 0 Å². The highest BCUT2D eigenvalue weighted by atomic mass is 32.2. The van der Waals surface area contributed by atoms with Crippen molar-refractivity contribution >= 4 is 21.2 Å². The van der Waals surface area contributed by atoms with Crippen LogP contribution in [0.15, 0.2) is 5.38 Å². The van der Waals surface area contributed by atoms with Gasteiger partial charge in [0.1, 0.15) is 14.8 Å². The minimum atomic E-state index is -2.93. The quantitative estimate of drug-likeness (QED) is 0.900. The number of hydrogen-bond donors (Lipinski definition) is 1. The SMILES string of the molecule is CC(CS(C)(=O)=O)NCc1nc(C(C)(C)C)cs1. The van der Waals surface area contributed by atoms with Gasteiger partial charge in [-0.15, -0.1) is 11.3 Å². The fourth-order valence-corrected chi connectivity index (χ4v) is 3.51. The molecule has 0 amide bonds. The van der Waals surface area contributed by atoms with E-state index in [2.05, 4.69) is 36.5 Å². The molecule has 1 aromatic rings. The monoisotopic (exact) mass is 290 g/mol. The number of nitrogens with zero attached hydrogens (tertiary/aromatic N) is 1. The predicted molar refractivity (Wildman–Crippen MR) is 76.8 cm³/mol. The Morgan fingerprint density at radius 1 is 1.44 bits per heavy atom. The average Bonchev–Trinajstić information content (AvgIpc) is 2.59. The number of hydrogen-bond acceptors (Lipinski definition) is 5. The lowest BCUT2D eigenvalue weighted by atomic mass is 9.93. The molecule has 1 N–H and O–H groups in total. The van der Waals surface area contributed by atoms with E-state index in [4.69, 9.17) is 0 Å². The predicted octanol–water partition coefficient (Wildman–Crippen LogP) is 1.96. The molecule has 18 heavy (non-hydrogen) atoms. The lowest BCUT2D eigenvalue weighted by molar-refractivity contribution is 0.551. The van der Waals surface area contributed by atoms with Gasteiger partial charge in [-0.05, 0) is 6.92 Å². The number of sulfone groups is 1. The summed E-state index contributed by atoms with van der Waals surface area (Å²) in [5.74, 6) is 0.157. The van der Waals surface area contributed by atoms with Gasteiger partial charge < -0.3 is 5.32 Å². The van der Waals surface area contributed by atoms with Gasteiger partial charge in [0, 0.05) is 29.6 Å². The summed E-state index contributed by atoms with van der Waals surface area (Å²) in [5.41, 5.74) is 1.15. The molecule has 4 nitrogen and oxygen atoms in total. The van der Waals surface area contributed by atoms with Gasteiger partial charge >= 0.3 is 0 Å². The van der Waals surface area contributed by atoms with E-state index in [1.807, 2.05) is 6.92 Å². The van der Waals surface area contributed by atoms with Gasteiger partial charge in [-0.3, -0.25) is 0 Å². The Kier molecular flexibility index (Phi) is 4.91. The van der Waals surface area contributed by atoms with E-state index in [1.54, 1.807) is 11.3 Å². The molecule has 104 valence electrons. The molecule has 0 radical (unpaired) electrons. The number of thiazole rings is 1. The molecule has 0 aromatic carbocycles. The molecule has 0 saturated carbocycles. The summed E-state index contributed by atoms with van der Waals surface area (Å²) in [6, 6.07) is -0.0537. The van der Waals surface area contributed by atoms with Crippen LogP contribution in [0.4, 0.5) is 0 Å². The summed E-state index contributed by atoms with van der Waals surface area (Å²) >= 11 is 1.61. The molecule has 1 aromatic heterocycles. The van der Waals surface area contributed by atoms with E-state index in [-0.39, 0.29) is 17.2 Å². The molecule has 0 saturated heterocycles. The van der Waals surface area contributed by atoms with Crippen LogP contribution < -0.4 is 5.32 Å².